The molecule has 21 heavy (non-hydrogen) atoms. The third-order valence-corrected chi connectivity index (χ3v) is 3.92. The second-order valence-electron chi connectivity index (χ2n) is 5.66. The van der Waals surface area contributed by atoms with Crippen molar-refractivity contribution < 1.29 is 8.91 Å². The molecule has 112 valence electrons. The van der Waals surface area contributed by atoms with Gasteiger partial charge < -0.3 is 9.84 Å². The van der Waals surface area contributed by atoms with Crippen LogP contribution in [0, 0.1) is 11.7 Å². The lowest BCUT2D eigenvalue weighted by Gasteiger charge is -2.09. The maximum Gasteiger partial charge on any atom is 0.226 e. The van der Waals surface area contributed by atoms with Crippen LogP contribution < -0.4 is 5.32 Å². The van der Waals surface area contributed by atoms with E-state index in [2.05, 4.69) is 15.5 Å². The van der Waals surface area contributed by atoms with Crippen molar-refractivity contribution in [3.05, 3.63) is 47.4 Å². The minimum Gasteiger partial charge on any atom is -0.339 e. The van der Waals surface area contributed by atoms with Crippen molar-refractivity contribution in [2.75, 3.05) is 13.1 Å². The molecule has 2 heterocycles. The predicted molar refractivity (Wildman–Crippen MR) is 77.4 cm³/mol. The van der Waals surface area contributed by atoms with Gasteiger partial charge in [-0.3, -0.25) is 0 Å². The van der Waals surface area contributed by atoms with E-state index in [4.69, 9.17) is 4.52 Å². The van der Waals surface area contributed by atoms with E-state index in [0.717, 1.165) is 31.5 Å². The number of rotatable bonds is 4. The first kappa shape index (κ1) is 14.2. The minimum absolute atomic E-state index is 0.234. The highest BCUT2D eigenvalue weighted by Gasteiger charge is 2.16. The highest BCUT2D eigenvalue weighted by atomic mass is 19.1. The van der Waals surface area contributed by atoms with Gasteiger partial charge in [0.1, 0.15) is 5.82 Å². The molecule has 1 N–H and O–H groups in total. The molecule has 4 nitrogen and oxygen atoms in total. The Morgan fingerprint density at radius 2 is 2.24 bits per heavy atom. The zero-order valence-electron chi connectivity index (χ0n) is 12.0. The summed E-state index contributed by atoms with van der Waals surface area (Å²) in [7, 11) is 0. The van der Waals surface area contributed by atoms with Crippen molar-refractivity contribution in [3.8, 4) is 0 Å². The Bertz CT molecular complexity index is 576. The van der Waals surface area contributed by atoms with Crippen molar-refractivity contribution in [2.24, 2.45) is 5.92 Å². The first-order valence-electron chi connectivity index (χ1n) is 7.56. The lowest BCUT2D eigenvalue weighted by Crippen LogP contribution is -2.14. The average Bonchev–Trinajstić information content (AvgIpc) is 2.73. The van der Waals surface area contributed by atoms with Crippen LogP contribution in [0.4, 0.5) is 4.39 Å². The molecule has 0 bridgehead atoms. The number of aromatic nitrogens is 2. The van der Waals surface area contributed by atoms with Crippen molar-refractivity contribution in [2.45, 2.75) is 32.1 Å². The molecule has 5 heteroatoms. The molecule has 0 amide bonds. The quantitative estimate of drug-likeness (QED) is 0.940. The lowest BCUT2D eigenvalue weighted by molar-refractivity contribution is 0.339. The van der Waals surface area contributed by atoms with Crippen LogP contribution in [0.5, 0.6) is 0 Å². The molecule has 1 atom stereocenters. The Balaban J connectivity index is 1.60. The van der Waals surface area contributed by atoms with E-state index in [1.165, 1.54) is 25.0 Å². The van der Waals surface area contributed by atoms with Crippen LogP contribution >= 0.6 is 0 Å². The lowest BCUT2D eigenvalue weighted by atomic mass is 9.97. The molecule has 1 aliphatic heterocycles. The fourth-order valence-corrected chi connectivity index (χ4v) is 2.82. The van der Waals surface area contributed by atoms with Gasteiger partial charge in [0, 0.05) is 12.8 Å². The fourth-order valence-electron chi connectivity index (χ4n) is 2.82. The predicted octanol–water partition coefficient (Wildman–Crippen LogP) is 2.73. The van der Waals surface area contributed by atoms with Crippen molar-refractivity contribution in [1.29, 1.82) is 0 Å². The SMILES string of the molecule is Fc1cccc(Cc2noc(CC3CCCNCC3)n2)c1. The topological polar surface area (TPSA) is 51.0 Å². The summed E-state index contributed by atoms with van der Waals surface area (Å²) in [5.74, 6) is 1.71. The average molecular weight is 289 g/mol. The summed E-state index contributed by atoms with van der Waals surface area (Å²) in [6.07, 6.45) is 4.91. The van der Waals surface area contributed by atoms with Gasteiger partial charge in [-0.15, -0.1) is 0 Å². The number of nitrogens with one attached hydrogen (secondary N) is 1. The summed E-state index contributed by atoms with van der Waals surface area (Å²) in [6.45, 7) is 2.17. The zero-order chi connectivity index (χ0) is 14.5. The van der Waals surface area contributed by atoms with E-state index in [-0.39, 0.29) is 5.82 Å². The summed E-state index contributed by atoms with van der Waals surface area (Å²) < 4.78 is 18.5. The van der Waals surface area contributed by atoms with Gasteiger partial charge in [0.15, 0.2) is 5.82 Å². The Morgan fingerprint density at radius 3 is 3.14 bits per heavy atom. The molecule has 0 spiro atoms. The van der Waals surface area contributed by atoms with Crippen molar-refractivity contribution in [1.82, 2.24) is 15.5 Å². The highest BCUT2D eigenvalue weighted by Crippen LogP contribution is 2.18. The highest BCUT2D eigenvalue weighted by molar-refractivity contribution is 5.19. The fraction of sp³-hybridized carbons (Fsp3) is 0.500. The maximum absolute atomic E-state index is 13.2. The van der Waals surface area contributed by atoms with Gasteiger partial charge in [0.25, 0.3) is 0 Å². The van der Waals surface area contributed by atoms with E-state index in [0.29, 0.717) is 24.1 Å². The van der Waals surface area contributed by atoms with Gasteiger partial charge in [-0.05, 0) is 56.0 Å². The monoisotopic (exact) mass is 289 g/mol. The van der Waals surface area contributed by atoms with Crippen LogP contribution in [0.15, 0.2) is 28.8 Å². The van der Waals surface area contributed by atoms with Gasteiger partial charge in [0.2, 0.25) is 5.89 Å². The van der Waals surface area contributed by atoms with Crippen LogP contribution in [-0.4, -0.2) is 23.2 Å². The molecule has 1 aromatic heterocycles. The molecular weight excluding hydrogens is 269 g/mol. The first-order valence-corrected chi connectivity index (χ1v) is 7.56. The number of benzene rings is 1. The number of hydrogen-bond acceptors (Lipinski definition) is 4. The third-order valence-electron chi connectivity index (χ3n) is 3.92. The van der Waals surface area contributed by atoms with Gasteiger partial charge in [0.05, 0.1) is 0 Å². The Hall–Kier alpha value is -1.75. The molecule has 2 aromatic rings. The third kappa shape index (κ3) is 4.11. The van der Waals surface area contributed by atoms with Gasteiger partial charge in [-0.2, -0.15) is 4.98 Å². The van der Waals surface area contributed by atoms with E-state index in [1.54, 1.807) is 6.07 Å². The Morgan fingerprint density at radius 1 is 1.29 bits per heavy atom. The standard InChI is InChI=1S/C16H20FN3O/c17-14-5-1-3-13(9-14)10-15-19-16(21-20-15)11-12-4-2-7-18-8-6-12/h1,3,5,9,12,18H,2,4,6-8,10-11H2. The van der Waals surface area contributed by atoms with E-state index in [9.17, 15) is 4.39 Å². The molecule has 0 aliphatic carbocycles. The molecule has 1 aromatic carbocycles. The van der Waals surface area contributed by atoms with Gasteiger partial charge in [-0.1, -0.05) is 17.3 Å². The normalized spacial score (nSPS) is 19.4. The summed E-state index contributed by atoms with van der Waals surface area (Å²) >= 11 is 0. The number of nitrogens with zero attached hydrogens (tertiary/aromatic N) is 2. The molecule has 1 aliphatic rings. The van der Waals surface area contributed by atoms with Crippen molar-refractivity contribution >= 4 is 0 Å². The second kappa shape index (κ2) is 6.80. The van der Waals surface area contributed by atoms with Crippen LogP contribution in [0.25, 0.3) is 0 Å². The number of halogens is 1. The molecule has 0 radical (unpaired) electrons. The minimum atomic E-state index is -0.234. The molecule has 0 saturated carbocycles. The summed E-state index contributed by atoms with van der Waals surface area (Å²) in [4.78, 5) is 4.44. The van der Waals surface area contributed by atoms with Crippen molar-refractivity contribution in [3.63, 3.8) is 0 Å². The van der Waals surface area contributed by atoms with Crippen LogP contribution in [-0.2, 0) is 12.8 Å². The summed E-state index contributed by atoms with van der Waals surface area (Å²) in [6, 6.07) is 6.51. The summed E-state index contributed by atoms with van der Waals surface area (Å²) in [5.41, 5.74) is 0.862. The molecular formula is C16H20FN3O. The van der Waals surface area contributed by atoms with Gasteiger partial charge >= 0.3 is 0 Å². The maximum atomic E-state index is 13.2. The van der Waals surface area contributed by atoms with Crippen LogP contribution in [0.3, 0.4) is 0 Å². The number of hydrogen-bond donors (Lipinski definition) is 1. The van der Waals surface area contributed by atoms with Crippen LogP contribution in [0.1, 0.15) is 36.5 Å². The van der Waals surface area contributed by atoms with E-state index < -0.39 is 0 Å². The smallest absolute Gasteiger partial charge is 0.226 e. The molecule has 1 fully saturated rings. The molecule has 1 saturated heterocycles. The second-order valence-corrected chi connectivity index (χ2v) is 5.66. The van der Waals surface area contributed by atoms with E-state index >= 15 is 0 Å². The first-order chi connectivity index (χ1) is 10.3. The Kier molecular flexibility index (Phi) is 4.60. The van der Waals surface area contributed by atoms with E-state index in [1.807, 2.05) is 6.07 Å². The summed E-state index contributed by atoms with van der Waals surface area (Å²) in [5, 5.41) is 7.41. The van der Waals surface area contributed by atoms with Gasteiger partial charge in [-0.25, -0.2) is 4.39 Å². The largest absolute Gasteiger partial charge is 0.339 e. The molecule has 1 unspecified atom stereocenters. The molecule has 3 rings (SSSR count). The Labute approximate surface area is 123 Å². The zero-order valence-corrected chi connectivity index (χ0v) is 12.0. The van der Waals surface area contributed by atoms with Crippen LogP contribution in [0.2, 0.25) is 0 Å².